The van der Waals surface area contributed by atoms with Gasteiger partial charge >= 0.3 is 0 Å². The van der Waals surface area contributed by atoms with Crippen LogP contribution < -0.4 is 0 Å². The second-order valence-corrected chi connectivity index (χ2v) is 9.77. The van der Waals surface area contributed by atoms with Crippen molar-refractivity contribution in [3.05, 3.63) is 146 Å². The highest BCUT2D eigenvalue weighted by molar-refractivity contribution is 6.17. The molecule has 0 bridgehead atoms. The molecule has 0 atom stereocenters. The first-order chi connectivity index (χ1) is 18.9. The minimum absolute atomic E-state index is 1.17. The molecule has 8 rings (SSSR count). The second kappa shape index (κ2) is 8.22. The molecule has 2 heteroatoms. The third-order valence-corrected chi connectivity index (χ3v) is 7.73. The molecule has 0 amide bonds. The average Bonchev–Trinajstić information content (AvgIpc) is 3.51. The van der Waals surface area contributed by atoms with Gasteiger partial charge in [0, 0.05) is 32.8 Å². The Kier molecular flexibility index (Phi) is 4.55. The van der Waals surface area contributed by atoms with Crippen molar-refractivity contribution < 1.29 is 0 Å². The van der Waals surface area contributed by atoms with Crippen molar-refractivity contribution in [1.29, 1.82) is 0 Å². The Morgan fingerprint density at radius 2 is 0.816 bits per heavy atom. The lowest BCUT2D eigenvalue weighted by atomic mass is 9.97. The molecule has 0 unspecified atom stereocenters. The van der Waals surface area contributed by atoms with E-state index < -0.39 is 0 Å². The van der Waals surface area contributed by atoms with E-state index in [1.807, 2.05) is 0 Å². The van der Waals surface area contributed by atoms with Crippen LogP contribution in [-0.4, -0.2) is 9.13 Å². The smallest absolute Gasteiger partial charge is 0.0547 e. The lowest BCUT2D eigenvalue weighted by molar-refractivity contribution is 1.18. The maximum atomic E-state index is 2.43. The maximum absolute atomic E-state index is 2.43. The van der Waals surface area contributed by atoms with Crippen molar-refractivity contribution in [1.82, 2.24) is 9.13 Å². The zero-order valence-electron chi connectivity index (χ0n) is 20.8. The predicted molar refractivity (Wildman–Crippen MR) is 161 cm³/mol. The van der Waals surface area contributed by atoms with Crippen molar-refractivity contribution in [3.8, 4) is 22.5 Å². The van der Waals surface area contributed by atoms with Gasteiger partial charge < -0.3 is 9.13 Å². The number of hydrogen-bond acceptors (Lipinski definition) is 0. The third-order valence-electron chi connectivity index (χ3n) is 7.73. The summed E-state index contributed by atoms with van der Waals surface area (Å²) in [5.41, 5.74) is 9.70. The highest BCUT2D eigenvalue weighted by atomic mass is 15.0. The van der Waals surface area contributed by atoms with E-state index in [0.717, 1.165) is 0 Å². The Morgan fingerprint density at radius 3 is 1.53 bits per heavy atom. The standard InChI is InChI=1S/C36H24N2/c1-2-13-25(14-3-1)37-34-23-11-7-18-30(34)36-29(19-12-24-35(36)37)28-17-6-10-22-33(28)38-31-20-8-4-15-26(31)27-16-5-9-21-32(27)38/h1-24H. The minimum atomic E-state index is 1.17. The Hall–Kier alpha value is -5.08. The van der Waals surface area contributed by atoms with Crippen LogP contribution in [0.1, 0.15) is 0 Å². The summed E-state index contributed by atoms with van der Waals surface area (Å²) in [6.07, 6.45) is 0. The van der Waals surface area contributed by atoms with Gasteiger partial charge in [0.1, 0.15) is 0 Å². The van der Waals surface area contributed by atoms with Crippen LogP contribution in [-0.2, 0) is 0 Å². The van der Waals surface area contributed by atoms with Crippen molar-refractivity contribution in [3.63, 3.8) is 0 Å². The van der Waals surface area contributed by atoms with Gasteiger partial charge in [-0.2, -0.15) is 0 Å². The van der Waals surface area contributed by atoms with E-state index in [1.54, 1.807) is 0 Å². The Labute approximate surface area is 220 Å². The quantitative estimate of drug-likeness (QED) is 0.236. The van der Waals surface area contributed by atoms with Crippen LogP contribution in [0.3, 0.4) is 0 Å². The Balaban J connectivity index is 1.50. The molecule has 8 aromatic rings. The zero-order valence-corrected chi connectivity index (χ0v) is 20.8. The number of para-hydroxylation sites is 5. The summed E-state index contributed by atoms with van der Waals surface area (Å²) >= 11 is 0. The molecule has 178 valence electrons. The van der Waals surface area contributed by atoms with Crippen molar-refractivity contribution in [2.24, 2.45) is 0 Å². The van der Waals surface area contributed by atoms with Crippen LogP contribution in [0, 0.1) is 0 Å². The molecule has 2 aromatic heterocycles. The van der Waals surface area contributed by atoms with Crippen molar-refractivity contribution in [2.75, 3.05) is 0 Å². The molecule has 0 N–H and O–H groups in total. The van der Waals surface area contributed by atoms with Gasteiger partial charge in [-0.3, -0.25) is 0 Å². The van der Waals surface area contributed by atoms with E-state index in [-0.39, 0.29) is 0 Å². The number of benzene rings is 6. The highest BCUT2D eigenvalue weighted by Gasteiger charge is 2.19. The van der Waals surface area contributed by atoms with Crippen LogP contribution in [0.5, 0.6) is 0 Å². The zero-order chi connectivity index (χ0) is 25.1. The molecule has 0 aliphatic carbocycles. The fourth-order valence-electron chi connectivity index (χ4n) is 6.18. The monoisotopic (exact) mass is 484 g/mol. The van der Waals surface area contributed by atoms with Gasteiger partial charge in [-0.05, 0) is 48.0 Å². The molecule has 0 spiro atoms. The molecular weight excluding hydrogens is 460 g/mol. The van der Waals surface area contributed by atoms with Gasteiger partial charge in [0.25, 0.3) is 0 Å². The van der Waals surface area contributed by atoms with E-state index in [0.29, 0.717) is 0 Å². The number of hydrogen-bond donors (Lipinski definition) is 0. The van der Waals surface area contributed by atoms with E-state index in [9.17, 15) is 0 Å². The molecule has 6 aromatic carbocycles. The van der Waals surface area contributed by atoms with Crippen LogP contribution in [0.25, 0.3) is 66.1 Å². The van der Waals surface area contributed by atoms with E-state index >= 15 is 0 Å². The van der Waals surface area contributed by atoms with Gasteiger partial charge in [0.05, 0.1) is 27.8 Å². The Morgan fingerprint density at radius 1 is 0.316 bits per heavy atom. The molecule has 38 heavy (non-hydrogen) atoms. The van der Waals surface area contributed by atoms with E-state index in [4.69, 9.17) is 0 Å². The van der Waals surface area contributed by atoms with E-state index in [1.165, 1.54) is 66.1 Å². The summed E-state index contributed by atoms with van der Waals surface area (Å²) in [7, 11) is 0. The molecule has 0 aliphatic rings. The fourth-order valence-corrected chi connectivity index (χ4v) is 6.18. The molecule has 2 heterocycles. The lowest BCUT2D eigenvalue weighted by Crippen LogP contribution is -1.97. The number of nitrogens with zero attached hydrogens (tertiary/aromatic N) is 2. The number of fused-ring (bicyclic) bond motifs is 6. The number of aromatic nitrogens is 2. The van der Waals surface area contributed by atoms with Crippen LogP contribution in [0.15, 0.2) is 146 Å². The van der Waals surface area contributed by atoms with Gasteiger partial charge in [-0.25, -0.2) is 0 Å². The van der Waals surface area contributed by atoms with E-state index in [2.05, 4.69) is 155 Å². The summed E-state index contributed by atoms with van der Waals surface area (Å²) in [5.74, 6) is 0. The van der Waals surface area contributed by atoms with Gasteiger partial charge in [0.15, 0.2) is 0 Å². The van der Waals surface area contributed by atoms with Gasteiger partial charge in [-0.1, -0.05) is 103 Å². The second-order valence-electron chi connectivity index (χ2n) is 9.77. The predicted octanol–water partition coefficient (Wildman–Crippen LogP) is 9.55. The summed E-state index contributed by atoms with van der Waals surface area (Å²) in [4.78, 5) is 0. The first kappa shape index (κ1) is 21.0. The molecular formula is C36H24N2. The summed E-state index contributed by atoms with van der Waals surface area (Å²) in [6, 6.07) is 52.4. The average molecular weight is 485 g/mol. The largest absolute Gasteiger partial charge is 0.309 e. The normalized spacial score (nSPS) is 11.7. The topological polar surface area (TPSA) is 9.86 Å². The first-order valence-corrected chi connectivity index (χ1v) is 13.1. The highest BCUT2D eigenvalue weighted by Crippen LogP contribution is 2.42. The summed E-state index contributed by atoms with van der Waals surface area (Å²) < 4.78 is 4.81. The van der Waals surface area contributed by atoms with Crippen LogP contribution in [0.4, 0.5) is 0 Å². The summed E-state index contributed by atoms with van der Waals surface area (Å²) in [5, 5.41) is 5.09. The van der Waals surface area contributed by atoms with Gasteiger partial charge in [-0.15, -0.1) is 0 Å². The molecule has 0 aliphatic heterocycles. The molecule has 0 saturated heterocycles. The molecule has 0 radical (unpaired) electrons. The van der Waals surface area contributed by atoms with Crippen LogP contribution >= 0.6 is 0 Å². The fraction of sp³-hybridized carbons (Fsp3) is 0. The van der Waals surface area contributed by atoms with Crippen molar-refractivity contribution in [2.45, 2.75) is 0 Å². The number of rotatable bonds is 3. The van der Waals surface area contributed by atoms with Crippen LogP contribution in [0.2, 0.25) is 0 Å². The first-order valence-electron chi connectivity index (χ1n) is 13.1. The molecule has 2 nitrogen and oxygen atoms in total. The van der Waals surface area contributed by atoms with Gasteiger partial charge in [0.2, 0.25) is 0 Å². The minimum Gasteiger partial charge on any atom is -0.309 e. The summed E-state index contributed by atoms with van der Waals surface area (Å²) in [6.45, 7) is 0. The Bertz CT molecular complexity index is 2070. The third kappa shape index (κ3) is 2.95. The lowest BCUT2D eigenvalue weighted by Gasteiger charge is -2.15. The SMILES string of the molecule is c1ccc(-n2c3ccccc3c3c(-c4ccccc4-n4c5ccccc5c5ccccc54)cccc32)cc1. The molecule has 0 fully saturated rings. The van der Waals surface area contributed by atoms with Crippen molar-refractivity contribution >= 4 is 43.6 Å². The maximum Gasteiger partial charge on any atom is 0.0547 e. The molecule has 0 saturated carbocycles.